The number of aryl methyl sites for hydroxylation is 1. The Kier molecular flexibility index (Phi) is 4.06. The summed E-state index contributed by atoms with van der Waals surface area (Å²) >= 11 is 0. The maximum Gasteiger partial charge on any atom is 0.119 e. The van der Waals surface area contributed by atoms with Crippen molar-refractivity contribution in [3.8, 4) is 5.75 Å². The monoisotopic (exact) mass is 177 g/mol. The fourth-order valence-corrected chi connectivity index (χ4v) is 0.943. The van der Waals surface area contributed by atoms with E-state index in [0.717, 1.165) is 5.75 Å². The van der Waals surface area contributed by atoms with Gasteiger partial charge in [-0.1, -0.05) is 29.8 Å². The molecule has 0 heterocycles. The van der Waals surface area contributed by atoms with Gasteiger partial charge in [-0.05, 0) is 19.1 Å². The Morgan fingerprint density at radius 3 is 2.54 bits per heavy atom. The third-order valence-corrected chi connectivity index (χ3v) is 1.67. The molecule has 0 atom stereocenters. The van der Waals surface area contributed by atoms with Crippen molar-refractivity contribution in [2.75, 3.05) is 13.2 Å². The molecule has 0 unspecified atom stereocenters. The molecular formula is C11H15NO. The summed E-state index contributed by atoms with van der Waals surface area (Å²) in [4.78, 5) is 0. The molecule has 70 valence electrons. The molecule has 1 rings (SSSR count). The third-order valence-electron chi connectivity index (χ3n) is 1.67. The van der Waals surface area contributed by atoms with Crippen LogP contribution in [0.5, 0.6) is 5.75 Å². The number of nitrogens with two attached hydrogens (primary N) is 1. The molecule has 0 spiro atoms. The van der Waals surface area contributed by atoms with Gasteiger partial charge in [0, 0.05) is 6.54 Å². The number of hydrogen-bond acceptors (Lipinski definition) is 2. The van der Waals surface area contributed by atoms with E-state index >= 15 is 0 Å². The van der Waals surface area contributed by atoms with E-state index in [1.165, 1.54) is 5.56 Å². The van der Waals surface area contributed by atoms with E-state index in [1.807, 2.05) is 36.4 Å². The molecule has 13 heavy (non-hydrogen) atoms. The molecule has 2 heteroatoms. The largest absolute Gasteiger partial charge is 0.490 e. The van der Waals surface area contributed by atoms with Crippen LogP contribution in [0.2, 0.25) is 0 Å². The van der Waals surface area contributed by atoms with Gasteiger partial charge in [-0.25, -0.2) is 0 Å². The average Bonchev–Trinajstić information content (AvgIpc) is 2.15. The zero-order valence-corrected chi connectivity index (χ0v) is 7.86. The first-order valence-electron chi connectivity index (χ1n) is 4.37. The van der Waals surface area contributed by atoms with Crippen LogP contribution >= 0.6 is 0 Å². The van der Waals surface area contributed by atoms with Crippen molar-refractivity contribution in [3.63, 3.8) is 0 Å². The highest BCUT2D eigenvalue weighted by molar-refractivity contribution is 5.26. The van der Waals surface area contributed by atoms with Crippen molar-refractivity contribution >= 4 is 0 Å². The standard InChI is InChI=1S/C11H15NO/c1-10-4-6-11(7-5-10)13-9-3-2-8-12/h2-7H,8-9,12H2,1H3. The molecule has 0 aliphatic rings. The van der Waals surface area contributed by atoms with Crippen LogP contribution < -0.4 is 10.5 Å². The van der Waals surface area contributed by atoms with E-state index in [-0.39, 0.29) is 0 Å². The Labute approximate surface area is 79.0 Å². The maximum absolute atomic E-state index is 5.42. The van der Waals surface area contributed by atoms with E-state index in [0.29, 0.717) is 13.2 Å². The number of benzene rings is 1. The summed E-state index contributed by atoms with van der Waals surface area (Å²) in [7, 11) is 0. The Morgan fingerprint density at radius 1 is 1.23 bits per heavy atom. The Bertz CT molecular complexity index is 264. The summed E-state index contributed by atoms with van der Waals surface area (Å²) in [6.07, 6.45) is 3.80. The van der Waals surface area contributed by atoms with Crippen molar-refractivity contribution < 1.29 is 4.74 Å². The lowest BCUT2D eigenvalue weighted by Crippen LogP contribution is -1.96. The summed E-state index contributed by atoms with van der Waals surface area (Å²) in [5.74, 6) is 0.896. The SMILES string of the molecule is Cc1ccc(OCC=CCN)cc1. The molecular weight excluding hydrogens is 162 g/mol. The zero-order valence-electron chi connectivity index (χ0n) is 7.86. The second kappa shape index (κ2) is 5.38. The van der Waals surface area contributed by atoms with Crippen LogP contribution in [0.15, 0.2) is 36.4 Å². The highest BCUT2D eigenvalue weighted by Gasteiger charge is 1.89. The minimum Gasteiger partial charge on any atom is -0.490 e. The fraction of sp³-hybridized carbons (Fsp3) is 0.273. The normalized spacial score (nSPS) is 10.6. The van der Waals surface area contributed by atoms with Gasteiger partial charge in [-0.2, -0.15) is 0 Å². The summed E-state index contributed by atoms with van der Waals surface area (Å²) in [5, 5.41) is 0. The first-order chi connectivity index (χ1) is 6.33. The molecule has 0 saturated carbocycles. The van der Waals surface area contributed by atoms with Crippen LogP contribution in [0.4, 0.5) is 0 Å². The molecule has 1 aromatic rings. The second-order valence-electron chi connectivity index (χ2n) is 2.83. The van der Waals surface area contributed by atoms with Gasteiger partial charge in [0.25, 0.3) is 0 Å². The Morgan fingerprint density at radius 2 is 1.92 bits per heavy atom. The van der Waals surface area contributed by atoms with Crippen molar-refractivity contribution in [1.29, 1.82) is 0 Å². The molecule has 0 fully saturated rings. The molecule has 0 bridgehead atoms. The summed E-state index contributed by atoms with van der Waals surface area (Å²) in [6.45, 7) is 3.20. The number of ether oxygens (including phenoxy) is 1. The van der Waals surface area contributed by atoms with E-state index < -0.39 is 0 Å². The van der Waals surface area contributed by atoms with Gasteiger partial charge in [-0.15, -0.1) is 0 Å². The molecule has 0 aromatic heterocycles. The molecule has 0 radical (unpaired) electrons. The lowest BCUT2D eigenvalue weighted by Gasteiger charge is -2.02. The van der Waals surface area contributed by atoms with E-state index in [2.05, 4.69) is 6.92 Å². The first kappa shape index (κ1) is 9.81. The lowest BCUT2D eigenvalue weighted by atomic mass is 10.2. The van der Waals surface area contributed by atoms with Crippen LogP contribution in [0.3, 0.4) is 0 Å². The topological polar surface area (TPSA) is 35.2 Å². The first-order valence-corrected chi connectivity index (χ1v) is 4.37. The molecule has 0 aliphatic carbocycles. The molecule has 0 amide bonds. The van der Waals surface area contributed by atoms with Crippen LogP contribution in [0.1, 0.15) is 5.56 Å². The summed E-state index contributed by atoms with van der Waals surface area (Å²) in [6, 6.07) is 7.99. The van der Waals surface area contributed by atoms with Gasteiger partial charge >= 0.3 is 0 Å². The van der Waals surface area contributed by atoms with Gasteiger partial charge in [0.2, 0.25) is 0 Å². The van der Waals surface area contributed by atoms with Gasteiger partial charge in [0.15, 0.2) is 0 Å². The quantitative estimate of drug-likeness (QED) is 0.713. The summed E-state index contributed by atoms with van der Waals surface area (Å²) in [5.41, 5.74) is 6.53. The average molecular weight is 177 g/mol. The predicted octanol–water partition coefficient (Wildman–Crippen LogP) is 1.89. The lowest BCUT2D eigenvalue weighted by molar-refractivity contribution is 0.362. The van der Waals surface area contributed by atoms with Gasteiger partial charge in [-0.3, -0.25) is 0 Å². The molecule has 0 aliphatic heterocycles. The van der Waals surface area contributed by atoms with Gasteiger partial charge in [0.1, 0.15) is 12.4 Å². The van der Waals surface area contributed by atoms with E-state index in [1.54, 1.807) is 0 Å². The van der Waals surface area contributed by atoms with Crippen LogP contribution in [0.25, 0.3) is 0 Å². The van der Waals surface area contributed by atoms with Crippen molar-refractivity contribution in [2.45, 2.75) is 6.92 Å². The number of rotatable bonds is 4. The van der Waals surface area contributed by atoms with Gasteiger partial charge < -0.3 is 10.5 Å². The van der Waals surface area contributed by atoms with Gasteiger partial charge in [0.05, 0.1) is 0 Å². The summed E-state index contributed by atoms with van der Waals surface area (Å²) < 4.78 is 5.42. The third kappa shape index (κ3) is 3.76. The van der Waals surface area contributed by atoms with Crippen molar-refractivity contribution in [1.82, 2.24) is 0 Å². The molecule has 2 nitrogen and oxygen atoms in total. The Hall–Kier alpha value is -1.28. The number of hydrogen-bond donors (Lipinski definition) is 1. The maximum atomic E-state index is 5.42. The van der Waals surface area contributed by atoms with Crippen molar-refractivity contribution in [3.05, 3.63) is 42.0 Å². The van der Waals surface area contributed by atoms with E-state index in [9.17, 15) is 0 Å². The highest BCUT2D eigenvalue weighted by Crippen LogP contribution is 2.10. The fourth-order valence-electron chi connectivity index (χ4n) is 0.943. The van der Waals surface area contributed by atoms with Crippen molar-refractivity contribution in [2.24, 2.45) is 5.73 Å². The smallest absolute Gasteiger partial charge is 0.119 e. The molecule has 2 N–H and O–H groups in total. The highest BCUT2D eigenvalue weighted by atomic mass is 16.5. The predicted molar refractivity (Wildman–Crippen MR) is 54.9 cm³/mol. The molecule has 0 saturated heterocycles. The van der Waals surface area contributed by atoms with E-state index in [4.69, 9.17) is 10.5 Å². The second-order valence-corrected chi connectivity index (χ2v) is 2.83. The van der Waals surface area contributed by atoms with Crippen LogP contribution in [-0.4, -0.2) is 13.2 Å². The minimum atomic E-state index is 0.567. The minimum absolute atomic E-state index is 0.567. The zero-order chi connectivity index (χ0) is 9.52. The Balaban J connectivity index is 2.37. The van der Waals surface area contributed by atoms with Crippen LogP contribution in [0, 0.1) is 6.92 Å². The van der Waals surface area contributed by atoms with Crippen LogP contribution in [-0.2, 0) is 0 Å². The molecule has 1 aromatic carbocycles.